The second-order valence-corrected chi connectivity index (χ2v) is 5.08. The van der Waals surface area contributed by atoms with Crippen molar-refractivity contribution in [2.75, 3.05) is 6.54 Å². The second kappa shape index (κ2) is 3.01. The lowest BCUT2D eigenvalue weighted by molar-refractivity contribution is 0.372. The molecule has 2 aliphatic rings. The van der Waals surface area contributed by atoms with E-state index in [0.29, 0.717) is 5.96 Å². The maximum atomic E-state index is 5.94. The predicted octanol–water partition coefficient (Wildman–Crippen LogP) is 1.71. The van der Waals surface area contributed by atoms with E-state index in [1.807, 2.05) is 0 Å². The van der Waals surface area contributed by atoms with Crippen molar-refractivity contribution in [1.29, 1.82) is 0 Å². The largest absolute Gasteiger partial charge is 0.370 e. The van der Waals surface area contributed by atoms with Gasteiger partial charge in [-0.1, -0.05) is 6.58 Å². The van der Waals surface area contributed by atoms with Crippen LogP contribution in [-0.2, 0) is 0 Å². The first-order chi connectivity index (χ1) is 6.48. The Labute approximate surface area is 85.7 Å². The molecule has 2 N–H and O–H groups in total. The summed E-state index contributed by atoms with van der Waals surface area (Å²) < 4.78 is 0. The fourth-order valence-electron chi connectivity index (χ4n) is 1.95. The van der Waals surface area contributed by atoms with Crippen LogP contribution in [0.5, 0.6) is 0 Å². The number of nitrogens with zero attached hydrogens (tertiary/aromatic N) is 2. The lowest BCUT2D eigenvalue weighted by Crippen LogP contribution is -2.45. The van der Waals surface area contributed by atoms with Gasteiger partial charge >= 0.3 is 0 Å². The Morgan fingerprint density at radius 1 is 1.57 bits per heavy atom. The summed E-state index contributed by atoms with van der Waals surface area (Å²) in [5.74, 6) is 1.47. The molecule has 1 aliphatic carbocycles. The molecule has 0 radical (unpaired) electrons. The van der Waals surface area contributed by atoms with Crippen LogP contribution < -0.4 is 5.73 Å². The van der Waals surface area contributed by atoms with Gasteiger partial charge in [-0.15, -0.1) is 0 Å². The highest BCUT2D eigenvalue weighted by molar-refractivity contribution is 5.81. The van der Waals surface area contributed by atoms with E-state index in [1.54, 1.807) is 0 Å². The second-order valence-electron chi connectivity index (χ2n) is 5.08. The molecule has 2 rings (SSSR count). The first-order valence-corrected chi connectivity index (χ1v) is 5.28. The van der Waals surface area contributed by atoms with E-state index in [4.69, 9.17) is 5.73 Å². The number of hydrogen-bond donors (Lipinski definition) is 1. The highest BCUT2D eigenvalue weighted by Gasteiger charge is 2.32. The summed E-state index contributed by atoms with van der Waals surface area (Å²) in [5, 5.41) is 0. The van der Waals surface area contributed by atoms with Crippen molar-refractivity contribution in [3.8, 4) is 0 Å². The first-order valence-electron chi connectivity index (χ1n) is 5.28. The van der Waals surface area contributed by atoms with Gasteiger partial charge in [0.25, 0.3) is 0 Å². The number of nitrogens with two attached hydrogens (primary N) is 1. The lowest BCUT2D eigenvalue weighted by Gasteiger charge is -2.36. The molecule has 0 spiro atoms. The van der Waals surface area contributed by atoms with Gasteiger partial charge in [0.1, 0.15) is 0 Å². The van der Waals surface area contributed by atoms with Gasteiger partial charge in [0.2, 0.25) is 0 Å². The van der Waals surface area contributed by atoms with Gasteiger partial charge in [0.15, 0.2) is 5.96 Å². The minimum atomic E-state index is -0.0682. The predicted molar refractivity (Wildman–Crippen MR) is 58.9 cm³/mol. The molecule has 3 heteroatoms. The van der Waals surface area contributed by atoms with Crippen molar-refractivity contribution in [3.05, 3.63) is 12.3 Å². The summed E-state index contributed by atoms with van der Waals surface area (Å²) in [6.07, 6.45) is 3.58. The van der Waals surface area contributed by atoms with E-state index in [-0.39, 0.29) is 5.54 Å². The highest BCUT2D eigenvalue weighted by Crippen LogP contribution is 2.33. The van der Waals surface area contributed by atoms with Crippen molar-refractivity contribution in [2.24, 2.45) is 16.6 Å². The van der Waals surface area contributed by atoms with Crippen LogP contribution in [0.3, 0.4) is 0 Å². The van der Waals surface area contributed by atoms with Crippen molar-refractivity contribution >= 4 is 5.96 Å². The zero-order valence-electron chi connectivity index (χ0n) is 9.08. The zero-order valence-corrected chi connectivity index (χ0v) is 9.08. The van der Waals surface area contributed by atoms with Crippen molar-refractivity contribution in [3.63, 3.8) is 0 Å². The molecule has 14 heavy (non-hydrogen) atoms. The van der Waals surface area contributed by atoms with Crippen LogP contribution in [0.25, 0.3) is 0 Å². The van der Waals surface area contributed by atoms with Crippen LogP contribution in [0.15, 0.2) is 17.3 Å². The third-order valence-corrected chi connectivity index (χ3v) is 2.85. The Balaban J connectivity index is 2.12. The third kappa shape index (κ3) is 1.91. The molecule has 0 unspecified atom stereocenters. The molecule has 0 aromatic heterocycles. The smallest absolute Gasteiger partial charge is 0.196 e. The van der Waals surface area contributed by atoms with Gasteiger partial charge in [0, 0.05) is 18.7 Å². The van der Waals surface area contributed by atoms with Gasteiger partial charge in [-0.2, -0.15) is 0 Å². The Bertz CT molecular complexity index is 287. The normalized spacial score (nSPS) is 26.3. The molecule has 0 aromatic carbocycles. The van der Waals surface area contributed by atoms with Crippen molar-refractivity contribution in [1.82, 2.24) is 4.90 Å². The maximum Gasteiger partial charge on any atom is 0.196 e. The monoisotopic (exact) mass is 193 g/mol. The summed E-state index contributed by atoms with van der Waals surface area (Å²) >= 11 is 0. The van der Waals surface area contributed by atoms with Gasteiger partial charge in [-0.05, 0) is 32.6 Å². The van der Waals surface area contributed by atoms with Gasteiger partial charge < -0.3 is 10.6 Å². The average molecular weight is 193 g/mol. The molecule has 1 heterocycles. The minimum absolute atomic E-state index is 0.0682. The molecule has 1 aliphatic heterocycles. The van der Waals surface area contributed by atoms with Crippen LogP contribution in [-0.4, -0.2) is 22.9 Å². The number of guanidine groups is 1. The van der Waals surface area contributed by atoms with E-state index >= 15 is 0 Å². The first kappa shape index (κ1) is 9.56. The van der Waals surface area contributed by atoms with E-state index < -0.39 is 0 Å². The fourth-order valence-corrected chi connectivity index (χ4v) is 1.95. The van der Waals surface area contributed by atoms with Crippen LogP contribution in [0.2, 0.25) is 0 Å². The number of hydrogen-bond acceptors (Lipinski definition) is 3. The molecular formula is C11H19N3. The molecule has 0 atom stereocenters. The Hall–Kier alpha value is -0.990. The van der Waals surface area contributed by atoms with Crippen LogP contribution in [0.1, 0.15) is 33.1 Å². The SMILES string of the molecule is C=C1CC(C)(C)N=C(N)N1CC1CC1. The summed E-state index contributed by atoms with van der Waals surface area (Å²) in [6.45, 7) is 9.30. The molecule has 1 saturated carbocycles. The summed E-state index contributed by atoms with van der Waals surface area (Å²) in [7, 11) is 0. The molecule has 0 aromatic rings. The third-order valence-electron chi connectivity index (χ3n) is 2.85. The minimum Gasteiger partial charge on any atom is -0.370 e. The van der Waals surface area contributed by atoms with E-state index in [9.17, 15) is 0 Å². The van der Waals surface area contributed by atoms with Crippen molar-refractivity contribution < 1.29 is 0 Å². The fraction of sp³-hybridized carbons (Fsp3) is 0.727. The molecular weight excluding hydrogens is 174 g/mol. The molecule has 1 fully saturated rings. The Morgan fingerprint density at radius 3 is 2.71 bits per heavy atom. The molecule has 3 nitrogen and oxygen atoms in total. The number of rotatable bonds is 2. The van der Waals surface area contributed by atoms with Crippen LogP contribution in [0, 0.1) is 5.92 Å². The zero-order chi connectivity index (χ0) is 10.3. The van der Waals surface area contributed by atoms with Gasteiger partial charge in [-0.25, -0.2) is 4.99 Å². The van der Waals surface area contributed by atoms with Gasteiger partial charge in [0.05, 0.1) is 5.54 Å². The topological polar surface area (TPSA) is 41.6 Å². The average Bonchev–Trinajstić information content (AvgIpc) is 2.77. The Kier molecular flexibility index (Phi) is 2.05. The molecule has 78 valence electrons. The van der Waals surface area contributed by atoms with E-state index in [2.05, 4.69) is 30.3 Å². The summed E-state index contributed by atoms with van der Waals surface area (Å²) in [4.78, 5) is 6.57. The Morgan fingerprint density at radius 2 is 2.21 bits per heavy atom. The standard InChI is InChI=1S/C11H19N3/c1-8-6-11(2,3)13-10(12)14(8)7-9-4-5-9/h9H,1,4-7H2,2-3H3,(H2,12,13). The lowest BCUT2D eigenvalue weighted by atomic mass is 9.97. The van der Waals surface area contributed by atoms with Crippen LogP contribution in [0.4, 0.5) is 0 Å². The van der Waals surface area contributed by atoms with E-state index in [0.717, 1.165) is 24.6 Å². The molecule has 0 saturated heterocycles. The van der Waals surface area contributed by atoms with Crippen LogP contribution >= 0.6 is 0 Å². The highest BCUT2D eigenvalue weighted by atomic mass is 15.3. The number of aliphatic imine (C=N–C) groups is 1. The molecule has 0 amide bonds. The summed E-state index contributed by atoms with van der Waals surface area (Å²) in [5.41, 5.74) is 6.99. The maximum absolute atomic E-state index is 5.94. The molecule has 0 bridgehead atoms. The van der Waals surface area contributed by atoms with Gasteiger partial charge in [-0.3, -0.25) is 0 Å². The summed E-state index contributed by atoms with van der Waals surface area (Å²) in [6, 6.07) is 0. The van der Waals surface area contributed by atoms with Crippen molar-refractivity contribution in [2.45, 2.75) is 38.6 Å². The quantitative estimate of drug-likeness (QED) is 0.725. The van der Waals surface area contributed by atoms with E-state index in [1.165, 1.54) is 12.8 Å².